The Balaban J connectivity index is 1.99. The van der Waals surface area contributed by atoms with Crippen LogP contribution >= 0.6 is 34.5 Å². The number of carbonyl (C=O) groups is 2. The second kappa shape index (κ2) is 7.63. The zero-order valence-corrected chi connectivity index (χ0v) is 14.6. The Hall–Kier alpha value is -1.83. The lowest BCUT2D eigenvalue weighted by Crippen LogP contribution is -2.29. The standard InChI is InChI=1S/C14H13Cl2N3O3S/c1-7(22-13(21)10-6-18-14(17-2)23-10)12(20)19-9-5-3-4-8(15)11(9)16/h3-7H,1-2H3,(H,17,18)(H,19,20). The van der Waals surface area contributed by atoms with Crippen LogP contribution in [0, 0.1) is 0 Å². The highest BCUT2D eigenvalue weighted by atomic mass is 35.5. The Morgan fingerprint density at radius 2 is 2.09 bits per heavy atom. The third-order valence-electron chi connectivity index (χ3n) is 2.78. The van der Waals surface area contributed by atoms with Crippen LogP contribution in [0.25, 0.3) is 0 Å². The van der Waals surface area contributed by atoms with Gasteiger partial charge in [-0.1, -0.05) is 40.6 Å². The summed E-state index contributed by atoms with van der Waals surface area (Å²) in [6, 6.07) is 4.85. The summed E-state index contributed by atoms with van der Waals surface area (Å²) in [6.45, 7) is 1.46. The molecular weight excluding hydrogens is 361 g/mol. The molecule has 0 radical (unpaired) electrons. The van der Waals surface area contributed by atoms with Crippen LogP contribution in [-0.4, -0.2) is 30.0 Å². The van der Waals surface area contributed by atoms with Crippen molar-refractivity contribution < 1.29 is 14.3 Å². The maximum Gasteiger partial charge on any atom is 0.350 e. The average molecular weight is 374 g/mol. The number of thiazole rings is 1. The molecule has 0 aliphatic carbocycles. The molecule has 23 heavy (non-hydrogen) atoms. The molecule has 2 rings (SSSR count). The first-order valence-electron chi connectivity index (χ1n) is 6.51. The van der Waals surface area contributed by atoms with E-state index >= 15 is 0 Å². The molecule has 0 saturated heterocycles. The van der Waals surface area contributed by atoms with Gasteiger partial charge in [0.1, 0.15) is 4.88 Å². The zero-order valence-electron chi connectivity index (χ0n) is 12.2. The number of esters is 1. The van der Waals surface area contributed by atoms with Gasteiger partial charge >= 0.3 is 5.97 Å². The number of halogens is 2. The third kappa shape index (κ3) is 4.34. The van der Waals surface area contributed by atoms with Gasteiger partial charge in [-0.3, -0.25) is 4.79 Å². The van der Waals surface area contributed by atoms with E-state index in [9.17, 15) is 9.59 Å². The van der Waals surface area contributed by atoms with E-state index in [4.69, 9.17) is 27.9 Å². The second-order valence-electron chi connectivity index (χ2n) is 4.42. The van der Waals surface area contributed by atoms with Gasteiger partial charge in [-0.05, 0) is 19.1 Å². The van der Waals surface area contributed by atoms with Crippen molar-refractivity contribution in [3.8, 4) is 0 Å². The molecule has 0 spiro atoms. The predicted octanol–water partition coefficient (Wildman–Crippen LogP) is 3.68. The number of hydrogen-bond donors (Lipinski definition) is 2. The number of ether oxygens (including phenoxy) is 1. The van der Waals surface area contributed by atoms with E-state index in [0.29, 0.717) is 20.7 Å². The smallest absolute Gasteiger partial charge is 0.350 e. The molecule has 0 saturated carbocycles. The second-order valence-corrected chi connectivity index (χ2v) is 6.23. The lowest BCUT2D eigenvalue weighted by molar-refractivity contribution is -0.123. The van der Waals surface area contributed by atoms with Crippen LogP contribution in [0.3, 0.4) is 0 Å². The first-order chi connectivity index (χ1) is 10.9. The summed E-state index contributed by atoms with van der Waals surface area (Å²) in [5.74, 6) is -1.13. The first kappa shape index (κ1) is 17.5. The molecule has 1 amide bonds. The van der Waals surface area contributed by atoms with Crippen molar-refractivity contribution in [1.29, 1.82) is 0 Å². The molecule has 0 fully saturated rings. The van der Waals surface area contributed by atoms with Crippen LogP contribution < -0.4 is 10.6 Å². The summed E-state index contributed by atoms with van der Waals surface area (Å²) in [4.78, 5) is 28.3. The van der Waals surface area contributed by atoms with Crippen molar-refractivity contribution in [3.05, 3.63) is 39.3 Å². The fourth-order valence-electron chi connectivity index (χ4n) is 1.59. The number of benzene rings is 1. The first-order valence-corrected chi connectivity index (χ1v) is 8.09. The maximum atomic E-state index is 12.1. The molecule has 0 aliphatic rings. The normalized spacial score (nSPS) is 11.7. The van der Waals surface area contributed by atoms with E-state index in [2.05, 4.69) is 15.6 Å². The Bertz CT molecular complexity index is 736. The van der Waals surface area contributed by atoms with Gasteiger partial charge in [-0.25, -0.2) is 9.78 Å². The van der Waals surface area contributed by atoms with Crippen molar-refractivity contribution in [3.63, 3.8) is 0 Å². The van der Waals surface area contributed by atoms with Crippen molar-refractivity contribution >= 4 is 57.2 Å². The number of nitrogens with one attached hydrogen (secondary N) is 2. The lowest BCUT2D eigenvalue weighted by atomic mass is 10.3. The van der Waals surface area contributed by atoms with Crippen LogP contribution in [0.15, 0.2) is 24.4 Å². The molecule has 2 N–H and O–H groups in total. The number of amides is 1. The highest BCUT2D eigenvalue weighted by molar-refractivity contribution is 7.17. The van der Waals surface area contributed by atoms with Gasteiger partial charge in [-0.15, -0.1) is 0 Å². The highest BCUT2D eigenvalue weighted by Gasteiger charge is 2.21. The molecule has 1 aromatic carbocycles. The number of anilines is 2. The Morgan fingerprint density at radius 1 is 1.35 bits per heavy atom. The predicted molar refractivity (Wildman–Crippen MR) is 91.6 cm³/mol. The summed E-state index contributed by atoms with van der Waals surface area (Å²) in [5.41, 5.74) is 0.349. The van der Waals surface area contributed by atoms with Gasteiger partial charge in [0.15, 0.2) is 11.2 Å². The van der Waals surface area contributed by atoms with E-state index < -0.39 is 18.0 Å². The summed E-state index contributed by atoms with van der Waals surface area (Å²) < 4.78 is 5.11. The Kier molecular flexibility index (Phi) is 5.81. The van der Waals surface area contributed by atoms with Crippen molar-refractivity contribution in [2.24, 2.45) is 0 Å². The van der Waals surface area contributed by atoms with Gasteiger partial charge < -0.3 is 15.4 Å². The highest BCUT2D eigenvalue weighted by Crippen LogP contribution is 2.29. The van der Waals surface area contributed by atoms with Gasteiger partial charge in [0.25, 0.3) is 5.91 Å². The SMILES string of the molecule is CNc1ncc(C(=O)OC(C)C(=O)Nc2cccc(Cl)c2Cl)s1. The molecule has 1 heterocycles. The minimum atomic E-state index is -1.00. The van der Waals surface area contributed by atoms with E-state index in [0.717, 1.165) is 11.3 Å². The summed E-state index contributed by atoms with van der Waals surface area (Å²) >= 11 is 13.0. The van der Waals surface area contributed by atoms with Crippen molar-refractivity contribution in [2.75, 3.05) is 17.7 Å². The van der Waals surface area contributed by atoms with Crippen LogP contribution in [0.2, 0.25) is 10.0 Å². The largest absolute Gasteiger partial charge is 0.448 e. The number of rotatable bonds is 5. The quantitative estimate of drug-likeness (QED) is 0.781. The average Bonchev–Trinajstić information content (AvgIpc) is 3.00. The van der Waals surface area contributed by atoms with E-state index in [1.54, 1.807) is 25.2 Å². The number of hydrogen-bond acceptors (Lipinski definition) is 6. The van der Waals surface area contributed by atoms with Crippen LogP contribution in [0.5, 0.6) is 0 Å². The molecule has 0 bridgehead atoms. The summed E-state index contributed by atoms with van der Waals surface area (Å²) in [7, 11) is 1.69. The Labute approximate surface area is 146 Å². The minimum Gasteiger partial charge on any atom is -0.448 e. The van der Waals surface area contributed by atoms with Crippen LogP contribution in [-0.2, 0) is 9.53 Å². The molecule has 6 nitrogen and oxygen atoms in total. The third-order valence-corrected chi connectivity index (χ3v) is 4.60. The van der Waals surface area contributed by atoms with Crippen LogP contribution in [0.4, 0.5) is 10.8 Å². The minimum absolute atomic E-state index is 0.224. The molecule has 1 atom stereocenters. The Morgan fingerprint density at radius 3 is 2.74 bits per heavy atom. The van der Waals surface area contributed by atoms with Gasteiger partial charge in [0.2, 0.25) is 0 Å². The molecule has 0 aliphatic heterocycles. The molecule has 9 heteroatoms. The fraction of sp³-hybridized carbons (Fsp3) is 0.214. The molecule has 1 unspecified atom stereocenters. The monoisotopic (exact) mass is 373 g/mol. The topological polar surface area (TPSA) is 80.3 Å². The number of aromatic nitrogens is 1. The van der Waals surface area contributed by atoms with Crippen molar-refractivity contribution in [1.82, 2.24) is 4.98 Å². The molecule has 1 aromatic heterocycles. The lowest BCUT2D eigenvalue weighted by Gasteiger charge is -2.14. The zero-order chi connectivity index (χ0) is 17.0. The van der Waals surface area contributed by atoms with Gasteiger partial charge in [-0.2, -0.15) is 0 Å². The fourth-order valence-corrected chi connectivity index (χ4v) is 2.59. The van der Waals surface area contributed by atoms with Gasteiger partial charge in [0.05, 0.1) is 21.9 Å². The number of carbonyl (C=O) groups excluding carboxylic acids is 2. The summed E-state index contributed by atoms with van der Waals surface area (Å²) in [5, 5.41) is 6.51. The molecule has 2 aromatic rings. The molecule has 122 valence electrons. The maximum absolute atomic E-state index is 12.1. The van der Waals surface area contributed by atoms with E-state index in [1.165, 1.54) is 13.1 Å². The van der Waals surface area contributed by atoms with Crippen LogP contribution in [0.1, 0.15) is 16.6 Å². The summed E-state index contributed by atoms with van der Waals surface area (Å²) in [6.07, 6.45) is 0.384. The van der Waals surface area contributed by atoms with Crippen molar-refractivity contribution in [2.45, 2.75) is 13.0 Å². The van der Waals surface area contributed by atoms with E-state index in [1.807, 2.05) is 0 Å². The number of nitrogens with zero attached hydrogens (tertiary/aromatic N) is 1. The molecular formula is C14H13Cl2N3O3S. The van der Waals surface area contributed by atoms with E-state index in [-0.39, 0.29) is 5.02 Å². The van der Waals surface area contributed by atoms with Gasteiger partial charge in [0, 0.05) is 7.05 Å².